The summed E-state index contributed by atoms with van der Waals surface area (Å²) < 4.78 is 4.97. The molecule has 2 unspecified atom stereocenters. The van der Waals surface area contributed by atoms with E-state index in [1.807, 2.05) is 24.9 Å². The molecule has 70 valence electrons. The highest BCUT2D eigenvalue weighted by Crippen LogP contribution is 2.01. The summed E-state index contributed by atoms with van der Waals surface area (Å²) in [6.07, 6.45) is 0. The number of hydrogen-bond donors (Lipinski definition) is 0. The van der Waals surface area contributed by atoms with Crippen molar-refractivity contribution >= 4 is 11.6 Å². The Morgan fingerprint density at radius 3 is 2.67 bits per heavy atom. The first-order chi connectivity index (χ1) is 5.61. The van der Waals surface area contributed by atoms with Crippen molar-refractivity contribution in [2.45, 2.75) is 18.3 Å². The molecule has 0 aliphatic rings. The molecule has 12 heavy (non-hydrogen) atoms. The van der Waals surface area contributed by atoms with Gasteiger partial charge in [0.15, 0.2) is 0 Å². The van der Waals surface area contributed by atoms with Crippen molar-refractivity contribution in [1.29, 1.82) is 5.26 Å². The number of halogens is 1. The average molecular weight is 191 g/mol. The van der Waals surface area contributed by atoms with Gasteiger partial charge in [0.2, 0.25) is 0 Å². The van der Waals surface area contributed by atoms with Crippen LogP contribution in [0.3, 0.4) is 0 Å². The second-order valence-corrected chi connectivity index (χ2v) is 3.37. The first-order valence-electron chi connectivity index (χ1n) is 3.84. The lowest BCUT2D eigenvalue weighted by Gasteiger charge is -2.23. The lowest BCUT2D eigenvalue weighted by Crippen LogP contribution is -2.36. The zero-order chi connectivity index (χ0) is 9.56. The highest BCUT2D eigenvalue weighted by molar-refractivity contribution is 6.22. The van der Waals surface area contributed by atoms with Crippen LogP contribution in [0, 0.1) is 11.3 Å². The van der Waals surface area contributed by atoms with Crippen LogP contribution in [0.4, 0.5) is 0 Å². The third-order valence-corrected chi connectivity index (χ3v) is 1.98. The molecule has 0 radical (unpaired) electrons. The molecular weight excluding hydrogens is 176 g/mol. The van der Waals surface area contributed by atoms with E-state index in [1.54, 1.807) is 7.11 Å². The highest BCUT2D eigenvalue weighted by atomic mass is 35.5. The van der Waals surface area contributed by atoms with Crippen molar-refractivity contribution in [1.82, 2.24) is 4.90 Å². The Bertz CT molecular complexity index is 158. The normalized spacial score (nSPS) is 15.7. The van der Waals surface area contributed by atoms with Gasteiger partial charge in [-0.2, -0.15) is 5.26 Å². The predicted molar refractivity (Wildman–Crippen MR) is 49.2 cm³/mol. The molecular formula is C8H15ClN2O. The predicted octanol–water partition coefficient (Wildman–Crippen LogP) is 1.08. The van der Waals surface area contributed by atoms with E-state index in [9.17, 15) is 0 Å². The fourth-order valence-corrected chi connectivity index (χ4v) is 1.06. The van der Waals surface area contributed by atoms with Crippen molar-refractivity contribution in [3.8, 4) is 6.07 Å². The molecule has 0 saturated heterocycles. The average Bonchev–Trinajstić information content (AvgIpc) is 2.04. The molecule has 0 rings (SSSR count). The summed E-state index contributed by atoms with van der Waals surface area (Å²) in [6.45, 7) is 3.26. The Balaban J connectivity index is 3.71. The minimum atomic E-state index is -0.436. The molecule has 0 aliphatic carbocycles. The van der Waals surface area contributed by atoms with Gasteiger partial charge in [0.25, 0.3) is 0 Å². The third kappa shape index (κ3) is 4.55. The topological polar surface area (TPSA) is 36.3 Å². The SMILES string of the molecule is COCC(C)N(C)CC(Cl)C#N. The molecule has 0 heterocycles. The van der Waals surface area contributed by atoms with E-state index in [1.165, 1.54) is 0 Å². The van der Waals surface area contributed by atoms with Gasteiger partial charge >= 0.3 is 0 Å². The Morgan fingerprint density at radius 1 is 1.67 bits per heavy atom. The van der Waals surface area contributed by atoms with E-state index in [0.717, 1.165) is 0 Å². The van der Waals surface area contributed by atoms with Gasteiger partial charge in [0, 0.05) is 19.7 Å². The summed E-state index contributed by atoms with van der Waals surface area (Å²) in [5.74, 6) is 0. The Labute approximate surface area is 78.9 Å². The van der Waals surface area contributed by atoms with Gasteiger partial charge in [-0.05, 0) is 14.0 Å². The number of nitriles is 1. The van der Waals surface area contributed by atoms with E-state index >= 15 is 0 Å². The first kappa shape index (κ1) is 11.7. The number of alkyl halides is 1. The monoisotopic (exact) mass is 190 g/mol. The summed E-state index contributed by atoms with van der Waals surface area (Å²) in [5, 5.41) is 8.02. The van der Waals surface area contributed by atoms with Crippen LogP contribution in [0.1, 0.15) is 6.92 Å². The fraction of sp³-hybridized carbons (Fsp3) is 0.875. The molecule has 0 aromatic carbocycles. The van der Waals surface area contributed by atoms with Crippen LogP contribution >= 0.6 is 11.6 Å². The minimum Gasteiger partial charge on any atom is -0.383 e. The Morgan fingerprint density at radius 2 is 2.25 bits per heavy atom. The quantitative estimate of drug-likeness (QED) is 0.609. The van der Waals surface area contributed by atoms with Gasteiger partial charge < -0.3 is 4.74 Å². The molecule has 0 N–H and O–H groups in total. The molecule has 0 amide bonds. The van der Waals surface area contributed by atoms with Crippen molar-refractivity contribution in [3.63, 3.8) is 0 Å². The third-order valence-electron chi connectivity index (χ3n) is 1.75. The van der Waals surface area contributed by atoms with Gasteiger partial charge in [0.1, 0.15) is 5.38 Å². The van der Waals surface area contributed by atoms with Gasteiger partial charge in [-0.25, -0.2) is 0 Å². The fourth-order valence-electron chi connectivity index (χ4n) is 0.842. The molecule has 4 heteroatoms. The van der Waals surface area contributed by atoms with Crippen LogP contribution in [0.25, 0.3) is 0 Å². The molecule has 0 spiro atoms. The van der Waals surface area contributed by atoms with Gasteiger partial charge in [-0.3, -0.25) is 4.90 Å². The maximum atomic E-state index is 8.46. The number of ether oxygens (including phenoxy) is 1. The lowest BCUT2D eigenvalue weighted by atomic mass is 10.3. The molecule has 0 bridgehead atoms. The lowest BCUT2D eigenvalue weighted by molar-refractivity contribution is 0.117. The maximum absolute atomic E-state index is 8.46. The largest absolute Gasteiger partial charge is 0.383 e. The molecule has 0 aromatic heterocycles. The summed E-state index contributed by atoms with van der Waals surface area (Å²) >= 11 is 5.66. The number of hydrogen-bond acceptors (Lipinski definition) is 3. The summed E-state index contributed by atoms with van der Waals surface area (Å²) in [5.41, 5.74) is 0. The van der Waals surface area contributed by atoms with Crippen molar-refractivity contribution in [2.24, 2.45) is 0 Å². The molecule has 0 aliphatic heterocycles. The number of methoxy groups -OCH3 is 1. The number of nitrogens with zero attached hydrogens (tertiary/aromatic N) is 2. The zero-order valence-electron chi connectivity index (χ0n) is 7.75. The van der Waals surface area contributed by atoms with Gasteiger partial charge in [-0.15, -0.1) is 11.6 Å². The van der Waals surface area contributed by atoms with E-state index in [2.05, 4.69) is 0 Å². The second kappa shape index (κ2) is 6.24. The zero-order valence-corrected chi connectivity index (χ0v) is 8.51. The van der Waals surface area contributed by atoms with E-state index < -0.39 is 5.38 Å². The van der Waals surface area contributed by atoms with Crippen molar-refractivity contribution in [3.05, 3.63) is 0 Å². The van der Waals surface area contributed by atoms with Gasteiger partial charge in [-0.1, -0.05) is 0 Å². The molecule has 0 aromatic rings. The molecule has 0 saturated carbocycles. The van der Waals surface area contributed by atoms with Crippen LogP contribution in [-0.2, 0) is 4.74 Å². The molecule has 2 atom stereocenters. The van der Waals surface area contributed by atoms with Crippen LogP contribution in [0.5, 0.6) is 0 Å². The maximum Gasteiger partial charge on any atom is 0.133 e. The van der Waals surface area contributed by atoms with E-state index in [0.29, 0.717) is 19.2 Å². The first-order valence-corrected chi connectivity index (χ1v) is 4.28. The summed E-state index contributed by atoms with van der Waals surface area (Å²) in [7, 11) is 3.59. The molecule has 3 nitrogen and oxygen atoms in total. The smallest absolute Gasteiger partial charge is 0.133 e. The Hall–Kier alpha value is -0.300. The van der Waals surface area contributed by atoms with Crippen LogP contribution < -0.4 is 0 Å². The summed E-state index contributed by atoms with van der Waals surface area (Å²) in [6, 6.07) is 2.27. The standard InChI is InChI=1S/C8H15ClN2O/c1-7(6-12-3)11(2)5-8(9)4-10/h7-8H,5-6H2,1-3H3. The van der Waals surface area contributed by atoms with Crippen LogP contribution in [-0.4, -0.2) is 43.6 Å². The summed E-state index contributed by atoms with van der Waals surface area (Å²) in [4.78, 5) is 2.00. The Kier molecular flexibility index (Phi) is 6.09. The van der Waals surface area contributed by atoms with Crippen molar-refractivity contribution in [2.75, 3.05) is 27.3 Å². The van der Waals surface area contributed by atoms with Crippen LogP contribution in [0.15, 0.2) is 0 Å². The van der Waals surface area contributed by atoms with E-state index in [4.69, 9.17) is 21.6 Å². The van der Waals surface area contributed by atoms with Crippen molar-refractivity contribution < 1.29 is 4.74 Å². The molecule has 0 fully saturated rings. The van der Waals surface area contributed by atoms with Crippen LogP contribution in [0.2, 0.25) is 0 Å². The number of rotatable bonds is 5. The second-order valence-electron chi connectivity index (χ2n) is 2.84. The minimum absolute atomic E-state index is 0.296. The van der Waals surface area contributed by atoms with Gasteiger partial charge in [0.05, 0.1) is 12.7 Å². The number of likely N-dealkylation sites (N-methyl/N-ethyl adjacent to an activating group) is 1. The van der Waals surface area contributed by atoms with E-state index in [-0.39, 0.29) is 0 Å². The highest BCUT2D eigenvalue weighted by Gasteiger charge is 2.12.